The van der Waals surface area contributed by atoms with E-state index in [-0.39, 0.29) is 11.9 Å². The molecule has 0 atom stereocenters. The van der Waals surface area contributed by atoms with Crippen LogP contribution in [-0.2, 0) is 6.54 Å². The molecule has 0 radical (unpaired) electrons. The third-order valence-corrected chi connectivity index (χ3v) is 4.48. The van der Waals surface area contributed by atoms with Crippen LogP contribution in [0.4, 0.5) is 0 Å². The van der Waals surface area contributed by atoms with E-state index in [1.807, 2.05) is 72.8 Å². The lowest BCUT2D eigenvalue weighted by molar-refractivity contribution is 0.0685. The number of carbonyl (C=O) groups is 1. The largest absolute Gasteiger partial charge is 0.331 e. The molecular weight excluding hydrogens is 294 g/mol. The number of aromatic nitrogens is 2. The van der Waals surface area contributed by atoms with E-state index in [1.54, 1.807) is 11.3 Å². The molecular formula is C17H19N3OS. The summed E-state index contributed by atoms with van der Waals surface area (Å²) in [5, 5.41) is 0. The number of imidazole rings is 1. The lowest BCUT2D eigenvalue weighted by Crippen LogP contribution is -2.36. The van der Waals surface area contributed by atoms with E-state index < -0.39 is 0 Å². The van der Waals surface area contributed by atoms with Gasteiger partial charge in [0.1, 0.15) is 5.69 Å². The van der Waals surface area contributed by atoms with E-state index in [0.29, 0.717) is 12.2 Å². The van der Waals surface area contributed by atoms with Crippen LogP contribution in [0.5, 0.6) is 0 Å². The van der Waals surface area contributed by atoms with Crippen molar-refractivity contribution in [2.24, 2.45) is 0 Å². The predicted octanol–water partition coefficient (Wildman–Crippen LogP) is 3.76. The monoisotopic (exact) mass is 313 g/mol. The second kappa shape index (κ2) is 5.93. The van der Waals surface area contributed by atoms with Crippen molar-refractivity contribution in [1.29, 1.82) is 0 Å². The molecule has 2 heterocycles. The van der Waals surface area contributed by atoms with Gasteiger partial charge < -0.3 is 4.90 Å². The number of hydrogen-bond acceptors (Lipinski definition) is 3. The molecule has 0 aliphatic carbocycles. The van der Waals surface area contributed by atoms with Gasteiger partial charge in [0, 0.05) is 29.9 Å². The molecule has 0 aliphatic rings. The normalized spacial score (nSPS) is 11.3. The smallest absolute Gasteiger partial charge is 0.274 e. The van der Waals surface area contributed by atoms with E-state index in [2.05, 4.69) is 4.98 Å². The quantitative estimate of drug-likeness (QED) is 0.735. The molecule has 0 N–H and O–H groups in total. The van der Waals surface area contributed by atoms with E-state index >= 15 is 0 Å². The molecule has 0 aliphatic heterocycles. The van der Waals surface area contributed by atoms with Gasteiger partial charge in [-0.05, 0) is 26.3 Å². The summed E-state index contributed by atoms with van der Waals surface area (Å²) in [6.45, 7) is 6.70. The highest BCUT2D eigenvalue weighted by atomic mass is 32.1. The fourth-order valence-corrected chi connectivity index (χ4v) is 3.24. The molecule has 4 nitrogen and oxygen atoms in total. The minimum Gasteiger partial charge on any atom is -0.331 e. The van der Waals surface area contributed by atoms with Crippen molar-refractivity contribution in [2.45, 2.75) is 33.4 Å². The number of aryl methyl sites for hydroxylation is 1. The maximum Gasteiger partial charge on any atom is 0.274 e. The van der Waals surface area contributed by atoms with Crippen molar-refractivity contribution in [3.8, 4) is 0 Å². The maximum absolute atomic E-state index is 12.8. The van der Waals surface area contributed by atoms with Crippen LogP contribution in [-0.4, -0.2) is 26.2 Å². The molecule has 2 aromatic heterocycles. The van der Waals surface area contributed by atoms with Crippen LogP contribution in [0, 0.1) is 6.92 Å². The SMILES string of the molecule is Cc1cn2cc(C(=O)N(Cc3ccccc3)C(C)C)nc2s1. The van der Waals surface area contributed by atoms with Gasteiger partial charge in [-0.3, -0.25) is 9.20 Å². The highest BCUT2D eigenvalue weighted by molar-refractivity contribution is 7.17. The van der Waals surface area contributed by atoms with Crippen LogP contribution >= 0.6 is 11.3 Å². The van der Waals surface area contributed by atoms with Gasteiger partial charge in [0.05, 0.1) is 0 Å². The molecule has 3 rings (SSSR count). The first-order valence-electron chi connectivity index (χ1n) is 7.34. The third-order valence-electron chi connectivity index (χ3n) is 3.57. The summed E-state index contributed by atoms with van der Waals surface area (Å²) in [5.41, 5.74) is 1.64. The van der Waals surface area contributed by atoms with Crippen molar-refractivity contribution in [2.75, 3.05) is 0 Å². The number of benzene rings is 1. The molecule has 0 saturated carbocycles. The molecule has 3 aromatic rings. The Kier molecular flexibility index (Phi) is 3.98. The van der Waals surface area contributed by atoms with Gasteiger partial charge in [-0.25, -0.2) is 4.98 Å². The molecule has 0 bridgehead atoms. The van der Waals surface area contributed by atoms with Gasteiger partial charge in [0.15, 0.2) is 4.96 Å². The average Bonchev–Trinajstić information content (AvgIpc) is 3.02. The highest BCUT2D eigenvalue weighted by Crippen LogP contribution is 2.19. The van der Waals surface area contributed by atoms with Gasteiger partial charge >= 0.3 is 0 Å². The van der Waals surface area contributed by atoms with Gasteiger partial charge in [-0.1, -0.05) is 30.3 Å². The number of carbonyl (C=O) groups excluding carboxylic acids is 1. The van der Waals surface area contributed by atoms with Crippen molar-refractivity contribution in [1.82, 2.24) is 14.3 Å². The van der Waals surface area contributed by atoms with Crippen molar-refractivity contribution in [3.05, 3.63) is 58.9 Å². The van der Waals surface area contributed by atoms with Gasteiger partial charge in [-0.15, -0.1) is 11.3 Å². The Bertz CT molecular complexity index is 757. The number of rotatable bonds is 4. The summed E-state index contributed by atoms with van der Waals surface area (Å²) in [6.07, 6.45) is 3.82. The summed E-state index contributed by atoms with van der Waals surface area (Å²) >= 11 is 1.60. The molecule has 1 amide bonds. The van der Waals surface area contributed by atoms with Gasteiger partial charge in [0.2, 0.25) is 0 Å². The Balaban J connectivity index is 1.87. The molecule has 1 aromatic carbocycles. The Labute approximate surface area is 134 Å². The molecule has 0 unspecified atom stereocenters. The van der Waals surface area contributed by atoms with E-state index in [0.717, 1.165) is 10.5 Å². The topological polar surface area (TPSA) is 37.6 Å². The third kappa shape index (κ3) is 2.90. The Morgan fingerprint density at radius 1 is 1.27 bits per heavy atom. The summed E-state index contributed by atoms with van der Waals surface area (Å²) < 4.78 is 1.92. The van der Waals surface area contributed by atoms with Crippen LogP contribution in [0.25, 0.3) is 4.96 Å². The minimum atomic E-state index is -0.0209. The van der Waals surface area contributed by atoms with Gasteiger partial charge in [-0.2, -0.15) is 0 Å². The van der Waals surface area contributed by atoms with Gasteiger partial charge in [0.25, 0.3) is 5.91 Å². The minimum absolute atomic E-state index is 0.0209. The predicted molar refractivity (Wildman–Crippen MR) is 89.3 cm³/mol. The van der Waals surface area contributed by atoms with E-state index in [4.69, 9.17) is 0 Å². The number of hydrogen-bond donors (Lipinski definition) is 0. The molecule has 0 fully saturated rings. The summed E-state index contributed by atoms with van der Waals surface area (Å²) in [7, 11) is 0. The Hall–Kier alpha value is -2.14. The van der Waals surface area contributed by atoms with Crippen molar-refractivity contribution in [3.63, 3.8) is 0 Å². The van der Waals surface area contributed by atoms with Crippen LogP contribution < -0.4 is 0 Å². The first-order chi connectivity index (χ1) is 10.5. The molecule has 0 spiro atoms. The lowest BCUT2D eigenvalue weighted by atomic mass is 10.2. The fourth-order valence-electron chi connectivity index (χ4n) is 2.43. The van der Waals surface area contributed by atoms with E-state index in [1.165, 1.54) is 4.88 Å². The van der Waals surface area contributed by atoms with Crippen molar-refractivity contribution < 1.29 is 4.79 Å². The Morgan fingerprint density at radius 2 is 2.00 bits per heavy atom. The van der Waals surface area contributed by atoms with Crippen LogP contribution in [0.15, 0.2) is 42.7 Å². The molecule has 22 heavy (non-hydrogen) atoms. The van der Waals surface area contributed by atoms with Crippen LogP contribution in [0.2, 0.25) is 0 Å². The van der Waals surface area contributed by atoms with E-state index in [9.17, 15) is 4.79 Å². The number of thiazole rings is 1. The lowest BCUT2D eigenvalue weighted by Gasteiger charge is -2.26. The summed E-state index contributed by atoms with van der Waals surface area (Å²) in [5.74, 6) is -0.0209. The highest BCUT2D eigenvalue weighted by Gasteiger charge is 2.22. The average molecular weight is 313 g/mol. The first-order valence-corrected chi connectivity index (χ1v) is 8.16. The number of fused-ring (bicyclic) bond motifs is 1. The molecule has 114 valence electrons. The zero-order valence-electron chi connectivity index (χ0n) is 13.0. The molecule has 5 heteroatoms. The first kappa shape index (κ1) is 14.8. The van der Waals surface area contributed by atoms with Crippen molar-refractivity contribution >= 4 is 22.2 Å². The van der Waals surface area contributed by atoms with Crippen LogP contribution in [0.1, 0.15) is 34.8 Å². The number of nitrogens with zero attached hydrogens (tertiary/aromatic N) is 3. The molecule has 0 saturated heterocycles. The second-order valence-corrected chi connectivity index (χ2v) is 6.88. The summed E-state index contributed by atoms with van der Waals surface area (Å²) in [4.78, 5) is 21.2. The van der Waals surface area contributed by atoms with Crippen LogP contribution in [0.3, 0.4) is 0 Å². The maximum atomic E-state index is 12.8. The zero-order valence-corrected chi connectivity index (χ0v) is 13.8. The Morgan fingerprint density at radius 3 is 2.64 bits per heavy atom. The standard InChI is InChI=1S/C17H19N3OS/c1-12(2)20(10-14-7-5-4-6-8-14)16(21)15-11-19-9-13(3)22-17(19)18-15/h4-9,11-12H,10H2,1-3H3. The fraction of sp³-hybridized carbons (Fsp3) is 0.294. The second-order valence-electron chi connectivity index (χ2n) is 5.67. The number of amides is 1. The summed E-state index contributed by atoms with van der Waals surface area (Å²) in [6, 6.07) is 10.2. The zero-order chi connectivity index (χ0) is 15.7.